The molecule has 3 unspecified atom stereocenters. The Kier molecular flexibility index (Phi) is 2.90. The molecule has 0 spiro atoms. The topological polar surface area (TPSA) is 30.5 Å². The fourth-order valence-corrected chi connectivity index (χ4v) is 3.01. The van der Waals surface area contributed by atoms with Crippen LogP contribution in [0, 0.1) is 11.8 Å². The number of allylic oxidation sites excluding steroid dienone is 1. The maximum absolute atomic E-state index is 5.39. The summed E-state index contributed by atoms with van der Waals surface area (Å²) >= 11 is 0. The van der Waals surface area contributed by atoms with Crippen molar-refractivity contribution in [3.63, 3.8) is 0 Å². The first-order valence-corrected chi connectivity index (χ1v) is 6.47. The van der Waals surface area contributed by atoms with Crippen LogP contribution in [0.3, 0.4) is 0 Å². The van der Waals surface area contributed by atoms with Gasteiger partial charge in [0.2, 0.25) is 0 Å². The standard InChI is InChI=1S/C15H19NO2/c1-17-11-6-7-15(18-2)14(9-11)16-13-8-10-4-3-5-12(10)13/h3,5-7,9-10,12-13,16H,4,8H2,1-2H3. The van der Waals surface area contributed by atoms with E-state index in [1.807, 2.05) is 18.2 Å². The third-order valence-corrected chi connectivity index (χ3v) is 4.11. The summed E-state index contributed by atoms with van der Waals surface area (Å²) in [6.07, 6.45) is 7.15. The lowest BCUT2D eigenvalue weighted by Crippen LogP contribution is -2.43. The molecule has 3 rings (SSSR count). The summed E-state index contributed by atoms with van der Waals surface area (Å²) in [5.74, 6) is 3.29. The van der Waals surface area contributed by atoms with Crippen LogP contribution >= 0.6 is 0 Å². The second-order valence-electron chi connectivity index (χ2n) is 5.05. The minimum Gasteiger partial charge on any atom is -0.497 e. The van der Waals surface area contributed by atoms with Gasteiger partial charge in [0.15, 0.2) is 0 Å². The molecule has 1 aromatic rings. The van der Waals surface area contributed by atoms with Crippen LogP contribution in [-0.4, -0.2) is 20.3 Å². The van der Waals surface area contributed by atoms with Gasteiger partial charge in [-0.05, 0) is 30.9 Å². The van der Waals surface area contributed by atoms with Gasteiger partial charge < -0.3 is 14.8 Å². The van der Waals surface area contributed by atoms with Gasteiger partial charge in [-0.25, -0.2) is 0 Å². The monoisotopic (exact) mass is 245 g/mol. The van der Waals surface area contributed by atoms with E-state index in [-0.39, 0.29) is 0 Å². The van der Waals surface area contributed by atoms with Crippen molar-refractivity contribution in [1.82, 2.24) is 0 Å². The van der Waals surface area contributed by atoms with Gasteiger partial charge >= 0.3 is 0 Å². The van der Waals surface area contributed by atoms with Crippen LogP contribution in [0.25, 0.3) is 0 Å². The Morgan fingerprint density at radius 3 is 2.83 bits per heavy atom. The normalized spacial score (nSPS) is 28.4. The number of nitrogens with one attached hydrogen (secondary N) is 1. The van der Waals surface area contributed by atoms with E-state index in [9.17, 15) is 0 Å². The van der Waals surface area contributed by atoms with E-state index in [1.165, 1.54) is 12.8 Å². The number of anilines is 1. The maximum Gasteiger partial charge on any atom is 0.142 e. The zero-order valence-corrected chi connectivity index (χ0v) is 10.8. The highest BCUT2D eigenvalue weighted by atomic mass is 16.5. The van der Waals surface area contributed by atoms with Crippen molar-refractivity contribution in [2.24, 2.45) is 11.8 Å². The second-order valence-corrected chi connectivity index (χ2v) is 5.05. The zero-order chi connectivity index (χ0) is 12.5. The van der Waals surface area contributed by atoms with Crippen LogP contribution in [0.1, 0.15) is 12.8 Å². The van der Waals surface area contributed by atoms with Gasteiger partial charge in [-0.1, -0.05) is 12.2 Å². The first kappa shape index (κ1) is 11.5. The number of rotatable bonds is 4. The van der Waals surface area contributed by atoms with Gasteiger partial charge in [-0.2, -0.15) is 0 Å². The number of fused-ring (bicyclic) bond motifs is 1. The fourth-order valence-electron chi connectivity index (χ4n) is 3.01. The molecule has 3 atom stereocenters. The molecule has 0 bridgehead atoms. The number of ether oxygens (including phenoxy) is 2. The molecule has 0 heterocycles. The quantitative estimate of drug-likeness (QED) is 0.827. The van der Waals surface area contributed by atoms with Crippen molar-refractivity contribution in [3.05, 3.63) is 30.4 Å². The zero-order valence-electron chi connectivity index (χ0n) is 10.8. The van der Waals surface area contributed by atoms with Gasteiger partial charge in [-0.15, -0.1) is 0 Å². The van der Waals surface area contributed by atoms with Gasteiger partial charge in [0.25, 0.3) is 0 Å². The molecule has 0 aromatic heterocycles. The molecular formula is C15H19NO2. The average Bonchev–Trinajstić information content (AvgIpc) is 2.77. The first-order chi connectivity index (χ1) is 8.81. The van der Waals surface area contributed by atoms with Gasteiger partial charge in [0.1, 0.15) is 11.5 Å². The molecule has 18 heavy (non-hydrogen) atoms. The molecule has 0 aliphatic heterocycles. The van der Waals surface area contributed by atoms with Crippen LogP contribution in [0.15, 0.2) is 30.4 Å². The van der Waals surface area contributed by atoms with Crippen LogP contribution in [0.4, 0.5) is 5.69 Å². The predicted octanol–water partition coefficient (Wildman–Crippen LogP) is 3.08. The Balaban J connectivity index is 1.77. The maximum atomic E-state index is 5.39. The minimum absolute atomic E-state index is 0.537. The molecule has 0 radical (unpaired) electrons. The first-order valence-electron chi connectivity index (χ1n) is 6.47. The summed E-state index contributed by atoms with van der Waals surface area (Å²) < 4.78 is 10.7. The third-order valence-electron chi connectivity index (χ3n) is 4.11. The van der Waals surface area contributed by atoms with Crippen LogP contribution < -0.4 is 14.8 Å². The Morgan fingerprint density at radius 1 is 1.22 bits per heavy atom. The lowest BCUT2D eigenvalue weighted by molar-refractivity contribution is 0.217. The highest BCUT2D eigenvalue weighted by molar-refractivity contribution is 5.60. The van der Waals surface area contributed by atoms with Crippen molar-refractivity contribution >= 4 is 5.69 Å². The largest absolute Gasteiger partial charge is 0.497 e. The lowest BCUT2D eigenvalue weighted by atomic mass is 9.71. The van der Waals surface area contributed by atoms with Crippen molar-refractivity contribution in [3.8, 4) is 11.5 Å². The number of methoxy groups -OCH3 is 2. The van der Waals surface area contributed by atoms with E-state index < -0.39 is 0 Å². The SMILES string of the molecule is COc1ccc(OC)c(NC2CC3CC=CC32)c1. The van der Waals surface area contributed by atoms with E-state index in [0.717, 1.165) is 23.1 Å². The molecule has 1 saturated carbocycles. The third kappa shape index (κ3) is 1.84. The van der Waals surface area contributed by atoms with Crippen LogP contribution in [0.2, 0.25) is 0 Å². The van der Waals surface area contributed by atoms with Crippen molar-refractivity contribution in [1.29, 1.82) is 0 Å². The van der Waals surface area contributed by atoms with E-state index in [2.05, 4.69) is 17.5 Å². The molecule has 1 fully saturated rings. The summed E-state index contributed by atoms with van der Waals surface area (Å²) in [5.41, 5.74) is 1.03. The minimum atomic E-state index is 0.537. The van der Waals surface area contributed by atoms with Gasteiger partial charge in [0, 0.05) is 18.0 Å². The molecule has 2 aliphatic rings. The van der Waals surface area contributed by atoms with E-state index in [1.54, 1.807) is 14.2 Å². The second kappa shape index (κ2) is 4.56. The summed E-state index contributed by atoms with van der Waals surface area (Å²) in [7, 11) is 3.39. The smallest absolute Gasteiger partial charge is 0.142 e. The molecule has 2 aliphatic carbocycles. The average molecular weight is 245 g/mol. The Morgan fingerprint density at radius 2 is 2.11 bits per heavy atom. The highest BCUT2D eigenvalue weighted by Gasteiger charge is 2.41. The summed E-state index contributed by atoms with van der Waals surface area (Å²) in [6, 6.07) is 6.41. The molecule has 1 aromatic carbocycles. The summed E-state index contributed by atoms with van der Waals surface area (Å²) in [5, 5.41) is 3.59. The van der Waals surface area contributed by atoms with Gasteiger partial charge in [0.05, 0.1) is 19.9 Å². The van der Waals surface area contributed by atoms with Crippen LogP contribution in [-0.2, 0) is 0 Å². The van der Waals surface area contributed by atoms with E-state index >= 15 is 0 Å². The molecular weight excluding hydrogens is 226 g/mol. The summed E-state index contributed by atoms with van der Waals surface area (Å²) in [6.45, 7) is 0. The fraction of sp³-hybridized carbons (Fsp3) is 0.467. The Labute approximate surface area is 108 Å². The Bertz CT molecular complexity index is 470. The number of hydrogen-bond acceptors (Lipinski definition) is 3. The molecule has 3 heteroatoms. The lowest BCUT2D eigenvalue weighted by Gasteiger charge is -2.41. The molecule has 96 valence electrons. The van der Waals surface area contributed by atoms with E-state index in [0.29, 0.717) is 12.0 Å². The highest BCUT2D eigenvalue weighted by Crippen LogP contribution is 2.45. The molecule has 0 amide bonds. The number of benzene rings is 1. The molecule has 0 saturated heterocycles. The number of hydrogen-bond donors (Lipinski definition) is 1. The van der Waals surface area contributed by atoms with Crippen molar-refractivity contribution in [2.45, 2.75) is 18.9 Å². The molecule has 1 N–H and O–H groups in total. The van der Waals surface area contributed by atoms with Crippen LogP contribution in [0.5, 0.6) is 11.5 Å². The van der Waals surface area contributed by atoms with E-state index in [4.69, 9.17) is 9.47 Å². The van der Waals surface area contributed by atoms with Crippen molar-refractivity contribution < 1.29 is 9.47 Å². The summed E-state index contributed by atoms with van der Waals surface area (Å²) in [4.78, 5) is 0. The predicted molar refractivity (Wildman–Crippen MR) is 72.3 cm³/mol. The Hall–Kier alpha value is -1.64. The van der Waals surface area contributed by atoms with Gasteiger partial charge in [-0.3, -0.25) is 0 Å². The van der Waals surface area contributed by atoms with Crippen molar-refractivity contribution in [2.75, 3.05) is 19.5 Å². The molecule has 3 nitrogen and oxygen atoms in total.